The number of aromatic nitrogens is 2. The highest BCUT2D eigenvalue weighted by Crippen LogP contribution is 2.17. The number of hydrogen-bond donors (Lipinski definition) is 3. The van der Waals surface area contributed by atoms with Gasteiger partial charge in [-0.3, -0.25) is 5.10 Å². The van der Waals surface area contributed by atoms with E-state index in [-0.39, 0.29) is 12.2 Å². The summed E-state index contributed by atoms with van der Waals surface area (Å²) in [6.45, 7) is 1.80. The largest absolute Gasteiger partial charge is 0.399 e. The average molecular weight is 284 g/mol. The van der Waals surface area contributed by atoms with Crippen LogP contribution in [0.1, 0.15) is 11.3 Å². The maximum atomic E-state index is 13.6. The van der Waals surface area contributed by atoms with Gasteiger partial charge < -0.3 is 5.73 Å². The van der Waals surface area contributed by atoms with Crippen molar-refractivity contribution in [2.24, 2.45) is 0 Å². The molecule has 0 aliphatic rings. The van der Waals surface area contributed by atoms with Gasteiger partial charge in [0.1, 0.15) is 10.7 Å². The minimum absolute atomic E-state index is 0.0362. The van der Waals surface area contributed by atoms with Gasteiger partial charge in [-0.05, 0) is 25.1 Å². The lowest BCUT2D eigenvalue weighted by Gasteiger charge is -2.07. The number of anilines is 1. The molecule has 0 radical (unpaired) electrons. The fourth-order valence-electron chi connectivity index (χ4n) is 1.54. The van der Waals surface area contributed by atoms with E-state index in [9.17, 15) is 12.8 Å². The summed E-state index contributed by atoms with van der Waals surface area (Å²) in [5.41, 5.74) is 6.99. The van der Waals surface area contributed by atoms with Crippen molar-refractivity contribution in [2.75, 3.05) is 5.73 Å². The standard InChI is InChI=1S/C11H13FN4O2S/c1-7-8(5-14-16-7)6-15-19(17,18)11-3-2-9(13)4-10(11)12/h2-5,15H,6,13H2,1H3,(H,14,16). The van der Waals surface area contributed by atoms with E-state index < -0.39 is 20.7 Å². The smallest absolute Gasteiger partial charge is 0.243 e. The molecular weight excluding hydrogens is 271 g/mol. The van der Waals surface area contributed by atoms with Crippen molar-refractivity contribution in [2.45, 2.75) is 18.4 Å². The lowest BCUT2D eigenvalue weighted by Crippen LogP contribution is -2.24. The van der Waals surface area contributed by atoms with Gasteiger partial charge in [0.05, 0.1) is 6.20 Å². The van der Waals surface area contributed by atoms with E-state index in [0.29, 0.717) is 5.56 Å². The van der Waals surface area contributed by atoms with Gasteiger partial charge in [-0.25, -0.2) is 17.5 Å². The number of halogens is 1. The van der Waals surface area contributed by atoms with Crippen molar-refractivity contribution in [3.63, 3.8) is 0 Å². The molecule has 2 aromatic rings. The summed E-state index contributed by atoms with van der Waals surface area (Å²) in [5, 5.41) is 6.46. The number of sulfonamides is 1. The van der Waals surface area contributed by atoms with E-state index in [1.165, 1.54) is 12.3 Å². The molecule has 1 aromatic heterocycles. The SMILES string of the molecule is Cc1[nH]ncc1CNS(=O)(=O)c1ccc(N)cc1F. The van der Waals surface area contributed by atoms with E-state index in [4.69, 9.17) is 5.73 Å². The molecule has 2 rings (SSSR count). The zero-order valence-corrected chi connectivity index (χ0v) is 11.0. The second-order valence-corrected chi connectivity index (χ2v) is 5.77. The van der Waals surface area contributed by atoms with E-state index in [2.05, 4.69) is 14.9 Å². The first-order valence-electron chi connectivity index (χ1n) is 5.43. The van der Waals surface area contributed by atoms with Gasteiger partial charge in [0.15, 0.2) is 0 Å². The lowest BCUT2D eigenvalue weighted by molar-refractivity contribution is 0.557. The van der Waals surface area contributed by atoms with Crippen LogP contribution in [0.5, 0.6) is 0 Å². The van der Waals surface area contributed by atoms with Crippen molar-refractivity contribution in [3.8, 4) is 0 Å². The molecule has 19 heavy (non-hydrogen) atoms. The molecule has 8 heteroatoms. The monoisotopic (exact) mass is 284 g/mol. The number of nitrogens with two attached hydrogens (primary N) is 1. The first-order valence-corrected chi connectivity index (χ1v) is 6.92. The second kappa shape index (κ2) is 4.98. The van der Waals surface area contributed by atoms with Crippen molar-refractivity contribution in [1.29, 1.82) is 0 Å². The molecule has 0 atom stereocenters. The molecule has 1 heterocycles. The predicted molar refractivity (Wildman–Crippen MR) is 68.2 cm³/mol. The Kier molecular flexibility index (Phi) is 3.54. The maximum absolute atomic E-state index is 13.6. The van der Waals surface area contributed by atoms with Crippen LogP contribution >= 0.6 is 0 Å². The summed E-state index contributed by atoms with van der Waals surface area (Å²) < 4.78 is 39.8. The zero-order valence-electron chi connectivity index (χ0n) is 10.1. The van der Waals surface area contributed by atoms with Gasteiger partial charge in [0, 0.05) is 23.5 Å². The summed E-state index contributed by atoms with van der Waals surface area (Å²) in [4.78, 5) is -0.428. The summed E-state index contributed by atoms with van der Waals surface area (Å²) in [6, 6.07) is 3.44. The summed E-state index contributed by atoms with van der Waals surface area (Å²) in [5.74, 6) is -0.878. The molecule has 4 N–H and O–H groups in total. The molecule has 0 aliphatic heterocycles. The molecule has 102 valence electrons. The van der Waals surface area contributed by atoms with Crippen LogP contribution in [-0.2, 0) is 16.6 Å². The zero-order chi connectivity index (χ0) is 14.0. The van der Waals surface area contributed by atoms with E-state index >= 15 is 0 Å². The molecule has 0 saturated heterocycles. The third kappa shape index (κ3) is 2.91. The van der Waals surface area contributed by atoms with Gasteiger partial charge >= 0.3 is 0 Å². The van der Waals surface area contributed by atoms with Gasteiger partial charge in [-0.15, -0.1) is 0 Å². The van der Waals surface area contributed by atoms with Crippen molar-refractivity contribution in [3.05, 3.63) is 41.5 Å². The van der Waals surface area contributed by atoms with Crippen LogP contribution in [0, 0.1) is 12.7 Å². The van der Waals surface area contributed by atoms with Crippen LogP contribution < -0.4 is 10.5 Å². The summed E-state index contributed by atoms with van der Waals surface area (Å²) >= 11 is 0. The Bertz CT molecular complexity index is 696. The van der Waals surface area contributed by atoms with E-state index in [1.807, 2.05) is 0 Å². The van der Waals surface area contributed by atoms with Crippen LogP contribution in [0.4, 0.5) is 10.1 Å². The van der Waals surface area contributed by atoms with Gasteiger partial charge in [-0.1, -0.05) is 0 Å². The first-order chi connectivity index (χ1) is 8.90. The van der Waals surface area contributed by atoms with Crippen molar-refractivity contribution >= 4 is 15.7 Å². The fourth-order valence-corrected chi connectivity index (χ4v) is 2.60. The van der Waals surface area contributed by atoms with Crippen LogP contribution in [0.3, 0.4) is 0 Å². The number of H-pyrrole nitrogens is 1. The first kappa shape index (κ1) is 13.5. The highest BCUT2D eigenvalue weighted by Gasteiger charge is 2.19. The Morgan fingerprint density at radius 2 is 2.21 bits per heavy atom. The molecular formula is C11H13FN4O2S. The lowest BCUT2D eigenvalue weighted by atomic mass is 10.3. The highest BCUT2D eigenvalue weighted by molar-refractivity contribution is 7.89. The highest BCUT2D eigenvalue weighted by atomic mass is 32.2. The van der Waals surface area contributed by atoms with Crippen LogP contribution in [0.2, 0.25) is 0 Å². The van der Waals surface area contributed by atoms with Crippen molar-refractivity contribution < 1.29 is 12.8 Å². The number of benzene rings is 1. The van der Waals surface area contributed by atoms with Crippen molar-refractivity contribution in [1.82, 2.24) is 14.9 Å². The minimum atomic E-state index is -3.92. The van der Waals surface area contributed by atoms with E-state index in [1.54, 1.807) is 6.92 Å². The molecule has 0 fully saturated rings. The van der Waals surface area contributed by atoms with Gasteiger partial charge in [-0.2, -0.15) is 5.10 Å². The Balaban J connectivity index is 2.21. The van der Waals surface area contributed by atoms with Crippen LogP contribution in [0.15, 0.2) is 29.3 Å². The quantitative estimate of drug-likeness (QED) is 0.727. The maximum Gasteiger partial charge on any atom is 0.243 e. The Labute approximate surface area is 109 Å². The molecule has 6 nitrogen and oxygen atoms in total. The van der Waals surface area contributed by atoms with Gasteiger partial charge in [0.2, 0.25) is 10.0 Å². The minimum Gasteiger partial charge on any atom is -0.399 e. The Morgan fingerprint density at radius 1 is 1.47 bits per heavy atom. The number of nitrogens with one attached hydrogen (secondary N) is 2. The summed E-state index contributed by atoms with van der Waals surface area (Å²) in [7, 11) is -3.92. The molecule has 0 aliphatic carbocycles. The third-order valence-electron chi connectivity index (χ3n) is 2.63. The number of rotatable bonds is 4. The molecule has 0 bridgehead atoms. The number of aromatic amines is 1. The molecule has 0 spiro atoms. The van der Waals surface area contributed by atoms with E-state index in [0.717, 1.165) is 17.8 Å². The molecule has 0 amide bonds. The van der Waals surface area contributed by atoms with Gasteiger partial charge in [0.25, 0.3) is 0 Å². The average Bonchev–Trinajstić information content (AvgIpc) is 2.72. The normalized spacial score (nSPS) is 11.7. The van der Waals surface area contributed by atoms with Crippen LogP contribution in [0.25, 0.3) is 0 Å². The predicted octanol–water partition coefficient (Wildman–Crippen LogP) is 0.918. The number of nitrogen functional groups attached to an aromatic ring is 1. The second-order valence-electron chi connectivity index (χ2n) is 4.03. The Morgan fingerprint density at radius 3 is 2.79 bits per heavy atom. The fraction of sp³-hybridized carbons (Fsp3) is 0.182. The third-order valence-corrected chi connectivity index (χ3v) is 4.07. The summed E-state index contributed by atoms with van der Waals surface area (Å²) in [6.07, 6.45) is 1.51. The van der Waals surface area contributed by atoms with Crippen LogP contribution in [-0.4, -0.2) is 18.6 Å². The molecule has 0 saturated carbocycles. The number of aryl methyl sites for hydroxylation is 1. The topological polar surface area (TPSA) is 101 Å². The number of nitrogens with zero attached hydrogens (tertiary/aromatic N) is 1. The number of hydrogen-bond acceptors (Lipinski definition) is 4. The molecule has 0 unspecified atom stereocenters. The molecule has 1 aromatic carbocycles. The Hall–Kier alpha value is -1.93.